The van der Waals surface area contributed by atoms with Gasteiger partial charge in [0, 0.05) is 6.42 Å². The van der Waals surface area contributed by atoms with Crippen molar-refractivity contribution in [2.45, 2.75) is 38.8 Å². The summed E-state index contributed by atoms with van der Waals surface area (Å²) in [5.74, 6) is -1.28. The second-order valence-corrected chi connectivity index (χ2v) is 4.01. The van der Waals surface area contributed by atoms with Crippen LogP contribution >= 0.6 is 0 Å². The first-order valence-electron chi connectivity index (χ1n) is 4.54. The highest BCUT2D eigenvalue weighted by Crippen LogP contribution is 2.07. The molecule has 0 spiro atoms. The van der Waals surface area contributed by atoms with Gasteiger partial charge in [0.1, 0.15) is 11.6 Å². The van der Waals surface area contributed by atoms with Gasteiger partial charge in [0.15, 0.2) is 0 Å². The van der Waals surface area contributed by atoms with Crippen LogP contribution in [0.25, 0.3) is 0 Å². The molecule has 0 aliphatic heterocycles. The van der Waals surface area contributed by atoms with Crippen molar-refractivity contribution in [3.05, 3.63) is 0 Å². The smallest absolute Gasteiger partial charge is 0.408 e. The van der Waals surface area contributed by atoms with Crippen LogP contribution < -0.4 is 5.32 Å². The van der Waals surface area contributed by atoms with E-state index < -0.39 is 30.4 Å². The van der Waals surface area contributed by atoms with Gasteiger partial charge in [-0.1, -0.05) is 0 Å². The first-order valence-corrected chi connectivity index (χ1v) is 4.54. The van der Waals surface area contributed by atoms with Crippen LogP contribution in [-0.4, -0.2) is 35.5 Å². The van der Waals surface area contributed by atoms with Gasteiger partial charge in [0.2, 0.25) is 0 Å². The van der Waals surface area contributed by atoms with E-state index in [2.05, 4.69) is 5.32 Å². The topological polar surface area (TPSA) is 75.6 Å². The van der Waals surface area contributed by atoms with Crippen molar-refractivity contribution in [2.24, 2.45) is 0 Å². The summed E-state index contributed by atoms with van der Waals surface area (Å²) < 4.78 is 16.8. The summed E-state index contributed by atoms with van der Waals surface area (Å²) >= 11 is 0. The van der Waals surface area contributed by atoms with E-state index in [1.54, 1.807) is 20.8 Å². The molecule has 0 radical (unpaired) electrons. The lowest BCUT2D eigenvalue weighted by molar-refractivity contribution is -0.139. The van der Waals surface area contributed by atoms with Gasteiger partial charge in [-0.15, -0.1) is 0 Å². The molecule has 5 nitrogen and oxygen atoms in total. The highest BCUT2D eigenvalue weighted by molar-refractivity contribution is 5.79. The number of hydrogen-bond acceptors (Lipinski definition) is 3. The van der Waals surface area contributed by atoms with Crippen molar-refractivity contribution >= 4 is 12.1 Å². The van der Waals surface area contributed by atoms with Gasteiger partial charge in [0.25, 0.3) is 0 Å². The van der Waals surface area contributed by atoms with Crippen molar-refractivity contribution in [3.8, 4) is 0 Å². The fourth-order valence-corrected chi connectivity index (χ4v) is 0.816. The van der Waals surface area contributed by atoms with Crippen LogP contribution in [0.2, 0.25) is 0 Å². The Labute approximate surface area is 87.6 Å². The molecule has 88 valence electrons. The minimum absolute atomic E-state index is 0.269. The minimum Gasteiger partial charge on any atom is -0.480 e. The van der Waals surface area contributed by atoms with E-state index in [1.165, 1.54) is 0 Å². The minimum atomic E-state index is -1.28. The Balaban J connectivity index is 4.18. The number of halogens is 1. The number of nitrogens with one attached hydrogen (secondary N) is 1. The number of carbonyl (C=O) groups excluding carboxylic acids is 1. The molecule has 0 bridgehead atoms. The number of alkyl halides is 1. The number of hydrogen-bond donors (Lipinski definition) is 2. The number of amides is 1. The predicted molar refractivity (Wildman–Crippen MR) is 51.4 cm³/mol. The first-order chi connectivity index (χ1) is 6.76. The SMILES string of the molecule is CC(C)(C)OC(=O)N[C@@H](CCF)C(=O)O. The lowest BCUT2D eigenvalue weighted by Crippen LogP contribution is -2.43. The summed E-state index contributed by atoms with van der Waals surface area (Å²) in [6.45, 7) is 4.14. The zero-order valence-corrected chi connectivity index (χ0v) is 9.04. The molecule has 0 aromatic carbocycles. The summed E-state index contributed by atoms with van der Waals surface area (Å²) in [4.78, 5) is 21.7. The zero-order valence-electron chi connectivity index (χ0n) is 9.04. The fraction of sp³-hybridized carbons (Fsp3) is 0.778. The summed E-state index contributed by atoms with van der Waals surface area (Å²) in [7, 11) is 0. The van der Waals surface area contributed by atoms with Gasteiger partial charge in [-0.25, -0.2) is 9.59 Å². The van der Waals surface area contributed by atoms with E-state index >= 15 is 0 Å². The second kappa shape index (κ2) is 5.53. The Morgan fingerprint density at radius 1 is 1.47 bits per heavy atom. The monoisotopic (exact) mass is 221 g/mol. The average molecular weight is 221 g/mol. The molecule has 1 amide bonds. The molecule has 1 atom stereocenters. The van der Waals surface area contributed by atoms with Gasteiger partial charge in [-0.2, -0.15) is 0 Å². The van der Waals surface area contributed by atoms with E-state index in [0.717, 1.165) is 0 Å². The van der Waals surface area contributed by atoms with Crippen molar-refractivity contribution in [1.29, 1.82) is 0 Å². The molecule has 15 heavy (non-hydrogen) atoms. The first kappa shape index (κ1) is 13.7. The van der Waals surface area contributed by atoms with Crippen LogP contribution in [0.5, 0.6) is 0 Å². The molecular formula is C9H16FNO4. The predicted octanol–water partition coefficient (Wildman–Crippen LogP) is 1.32. The van der Waals surface area contributed by atoms with Crippen LogP contribution in [0.4, 0.5) is 9.18 Å². The molecule has 0 aromatic rings. The second-order valence-electron chi connectivity index (χ2n) is 4.01. The fourth-order valence-electron chi connectivity index (χ4n) is 0.816. The zero-order chi connectivity index (χ0) is 12.1. The number of alkyl carbamates (subject to hydrolysis) is 1. The Bertz CT molecular complexity index is 237. The summed E-state index contributed by atoms with van der Waals surface area (Å²) in [5, 5.41) is 10.7. The van der Waals surface area contributed by atoms with Gasteiger partial charge in [0.05, 0.1) is 6.67 Å². The number of carbonyl (C=O) groups is 2. The molecule has 0 aliphatic carbocycles. The number of aliphatic carboxylic acids is 1. The van der Waals surface area contributed by atoms with E-state index in [1.807, 2.05) is 0 Å². The van der Waals surface area contributed by atoms with Crippen LogP contribution in [-0.2, 0) is 9.53 Å². The molecule has 2 N–H and O–H groups in total. The third kappa shape index (κ3) is 6.70. The van der Waals surface area contributed by atoms with Gasteiger partial charge < -0.3 is 15.2 Å². The van der Waals surface area contributed by atoms with E-state index in [9.17, 15) is 14.0 Å². The van der Waals surface area contributed by atoms with Crippen molar-refractivity contribution < 1.29 is 23.8 Å². The largest absolute Gasteiger partial charge is 0.480 e. The summed E-state index contributed by atoms with van der Waals surface area (Å²) in [5.41, 5.74) is -0.706. The van der Waals surface area contributed by atoms with Gasteiger partial charge in [-0.3, -0.25) is 4.39 Å². The Kier molecular flexibility index (Phi) is 5.04. The Hall–Kier alpha value is -1.33. The highest BCUT2D eigenvalue weighted by atomic mass is 19.1. The molecule has 0 saturated heterocycles. The maximum Gasteiger partial charge on any atom is 0.408 e. The molecule has 0 saturated carbocycles. The number of rotatable bonds is 4. The average Bonchev–Trinajstić information content (AvgIpc) is 1.99. The molecule has 0 unspecified atom stereocenters. The van der Waals surface area contributed by atoms with Crippen molar-refractivity contribution in [3.63, 3.8) is 0 Å². The molecule has 0 heterocycles. The summed E-state index contributed by atoms with van der Waals surface area (Å²) in [6, 6.07) is -1.25. The van der Waals surface area contributed by atoms with Gasteiger partial charge >= 0.3 is 12.1 Å². The molecule has 0 aliphatic rings. The Morgan fingerprint density at radius 2 is 2.00 bits per heavy atom. The van der Waals surface area contributed by atoms with Crippen LogP contribution in [0.1, 0.15) is 27.2 Å². The number of carboxylic acids is 1. The van der Waals surface area contributed by atoms with Crippen molar-refractivity contribution in [1.82, 2.24) is 5.32 Å². The molecule has 0 fully saturated rings. The molecule has 0 rings (SSSR count). The van der Waals surface area contributed by atoms with Gasteiger partial charge in [-0.05, 0) is 20.8 Å². The third-order valence-electron chi connectivity index (χ3n) is 1.39. The van der Waals surface area contributed by atoms with E-state index in [0.29, 0.717) is 0 Å². The standard InChI is InChI=1S/C9H16FNO4/c1-9(2,3)15-8(14)11-6(4-5-10)7(12)13/h6H,4-5H2,1-3H3,(H,11,14)(H,12,13)/t6-/m0/s1. The maximum absolute atomic E-state index is 11.9. The maximum atomic E-state index is 11.9. The highest BCUT2D eigenvalue weighted by Gasteiger charge is 2.23. The lowest BCUT2D eigenvalue weighted by atomic mass is 10.2. The van der Waals surface area contributed by atoms with Crippen molar-refractivity contribution in [2.75, 3.05) is 6.67 Å². The van der Waals surface area contributed by atoms with E-state index in [4.69, 9.17) is 9.84 Å². The molecule has 6 heteroatoms. The van der Waals surface area contributed by atoms with Crippen LogP contribution in [0.15, 0.2) is 0 Å². The lowest BCUT2D eigenvalue weighted by Gasteiger charge is -2.21. The number of ether oxygens (including phenoxy) is 1. The third-order valence-corrected chi connectivity index (χ3v) is 1.39. The normalized spacial score (nSPS) is 13.1. The molecule has 0 aromatic heterocycles. The molecular weight excluding hydrogens is 205 g/mol. The number of carboxylic acid groups (broad SMARTS) is 1. The van der Waals surface area contributed by atoms with Crippen LogP contribution in [0, 0.1) is 0 Å². The Morgan fingerprint density at radius 3 is 2.33 bits per heavy atom. The van der Waals surface area contributed by atoms with E-state index in [-0.39, 0.29) is 6.42 Å². The summed E-state index contributed by atoms with van der Waals surface area (Å²) in [6.07, 6.45) is -1.13. The van der Waals surface area contributed by atoms with Crippen LogP contribution in [0.3, 0.4) is 0 Å². The quantitative estimate of drug-likeness (QED) is 0.750.